The quantitative estimate of drug-likeness (QED) is 0.867. The second-order valence-electron chi connectivity index (χ2n) is 4.85. The Morgan fingerprint density at radius 2 is 2.11 bits per heavy atom. The third-order valence-electron chi connectivity index (χ3n) is 3.28. The second kappa shape index (κ2) is 6.71. The summed E-state index contributed by atoms with van der Waals surface area (Å²) in [6, 6.07) is 3.87. The molecule has 1 aliphatic heterocycles. The maximum Gasteiger partial charge on any atom is 0.122 e. The van der Waals surface area contributed by atoms with Crippen molar-refractivity contribution < 1.29 is 9.47 Å². The van der Waals surface area contributed by atoms with Crippen LogP contribution in [0.2, 0.25) is 0 Å². The largest absolute Gasteiger partial charge is 0.497 e. The van der Waals surface area contributed by atoms with Crippen LogP contribution in [0, 0.1) is 12.8 Å². The van der Waals surface area contributed by atoms with Crippen molar-refractivity contribution in [2.75, 3.05) is 26.8 Å². The van der Waals surface area contributed by atoms with Crippen molar-refractivity contribution >= 4 is 0 Å². The van der Waals surface area contributed by atoms with E-state index in [4.69, 9.17) is 9.47 Å². The average molecular weight is 250 g/mol. The minimum Gasteiger partial charge on any atom is -0.497 e. The molecule has 4 nitrogen and oxygen atoms in total. The standard InChI is InChI=1S/C14H22N2O2/c1-11-7-14(17-2)8-13(16-11)10-18-9-12-3-5-15-6-4-12/h7-8,12,15H,3-6,9-10H2,1-2H3. The SMILES string of the molecule is COc1cc(C)nc(COCC2CCNCC2)c1. The third-order valence-corrected chi connectivity index (χ3v) is 3.28. The molecule has 0 bridgehead atoms. The van der Waals surface area contributed by atoms with E-state index in [0.717, 1.165) is 36.8 Å². The van der Waals surface area contributed by atoms with Crippen LogP contribution in [0.5, 0.6) is 5.75 Å². The number of nitrogens with zero attached hydrogens (tertiary/aromatic N) is 1. The Morgan fingerprint density at radius 3 is 2.83 bits per heavy atom. The fourth-order valence-electron chi connectivity index (χ4n) is 2.27. The summed E-state index contributed by atoms with van der Waals surface area (Å²) in [5, 5.41) is 3.36. The maximum atomic E-state index is 5.77. The minimum absolute atomic E-state index is 0.571. The van der Waals surface area contributed by atoms with E-state index in [0.29, 0.717) is 12.5 Å². The first-order valence-electron chi connectivity index (χ1n) is 6.58. The molecule has 1 aliphatic rings. The average Bonchev–Trinajstić information content (AvgIpc) is 2.39. The predicted octanol–water partition coefficient (Wildman–Crippen LogP) is 1.91. The Labute approximate surface area is 109 Å². The molecule has 0 unspecified atom stereocenters. The first-order valence-corrected chi connectivity index (χ1v) is 6.58. The van der Waals surface area contributed by atoms with E-state index in [-0.39, 0.29) is 0 Å². The lowest BCUT2D eigenvalue weighted by molar-refractivity contribution is 0.0742. The van der Waals surface area contributed by atoms with Gasteiger partial charge in [0.05, 0.1) is 26.0 Å². The van der Waals surface area contributed by atoms with Crippen molar-refractivity contribution in [1.82, 2.24) is 10.3 Å². The van der Waals surface area contributed by atoms with E-state index in [1.165, 1.54) is 12.8 Å². The number of aryl methyl sites for hydroxylation is 1. The van der Waals surface area contributed by atoms with Crippen LogP contribution in [0.4, 0.5) is 0 Å². The molecule has 0 saturated carbocycles. The number of pyridine rings is 1. The zero-order valence-electron chi connectivity index (χ0n) is 11.2. The summed E-state index contributed by atoms with van der Waals surface area (Å²) < 4.78 is 11.0. The van der Waals surface area contributed by atoms with Gasteiger partial charge >= 0.3 is 0 Å². The van der Waals surface area contributed by atoms with Crippen molar-refractivity contribution in [1.29, 1.82) is 0 Å². The van der Waals surface area contributed by atoms with Gasteiger partial charge in [0, 0.05) is 17.8 Å². The number of rotatable bonds is 5. The van der Waals surface area contributed by atoms with Gasteiger partial charge in [-0.05, 0) is 38.8 Å². The van der Waals surface area contributed by atoms with Crippen LogP contribution in [0.3, 0.4) is 0 Å². The Balaban J connectivity index is 1.80. The molecule has 1 saturated heterocycles. The van der Waals surface area contributed by atoms with Crippen molar-refractivity contribution in [3.8, 4) is 5.75 Å². The van der Waals surface area contributed by atoms with Crippen LogP contribution in [-0.4, -0.2) is 31.8 Å². The molecule has 1 fully saturated rings. The van der Waals surface area contributed by atoms with Gasteiger partial charge in [-0.25, -0.2) is 0 Å². The fraction of sp³-hybridized carbons (Fsp3) is 0.643. The molecule has 4 heteroatoms. The van der Waals surface area contributed by atoms with Gasteiger partial charge < -0.3 is 14.8 Å². The first kappa shape index (κ1) is 13.3. The van der Waals surface area contributed by atoms with Gasteiger partial charge in [0.1, 0.15) is 5.75 Å². The molecule has 1 aromatic rings. The molecule has 0 spiro atoms. The molecule has 18 heavy (non-hydrogen) atoms. The van der Waals surface area contributed by atoms with E-state index in [1.807, 2.05) is 19.1 Å². The van der Waals surface area contributed by atoms with E-state index < -0.39 is 0 Å². The van der Waals surface area contributed by atoms with E-state index in [1.54, 1.807) is 7.11 Å². The highest BCUT2D eigenvalue weighted by Gasteiger charge is 2.13. The Hall–Kier alpha value is -1.13. The zero-order chi connectivity index (χ0) is 12.8. The molecule has 0 radical (unpaired) electrons. The number of ether oxygens (including phenoxy) is 2. The highest BCUT2D eigenvalue weighted by atomic mass is 16.5. The lowest BCUT2D eigenvalue weighted by Gasteiger charge is -2.22. The Kier molecular flexibility index (Phi) is 4.96. The second-order valence-corrected chi connectivity index (χ2v) is 4.85. The molecule has 2 heterocycles. The molecule has 0 atom stereocenters. The number of nitrogens with one attached hydrogen (secondary N) is 1. The number of methoxy groups -OCH3 is 1. The smallest absolute Gasteiger partial charge is 0.122 e. The van der Waals surface area contributed by atoms with Crippen LogP contribution in [0.25, 0.3) is 0 Å². The molecule has 0 aliphatic carbocycles. The summed E-state index contributed by atoms with van der Waals surface area (Å²) >= 11 is 0. The molecule has 2 rings (SSSR count). The Bertz CT molecular complexity index is 376. The summed E-state index contributed by atoms with van der Waals surface area (Å²) in [7, 11) is 1.68. The van der Waals surface area contributed by atoms with Crippen LogP contribution in [0.1, 0.15) is 24.2 Å². The maximum absolute atomic E-state index is 5.77. The van der Waals surface area contributed by atoms with Crippen molar-refractivity contribution in [2.45, 2.75) is 26.4 Å². The summed E-state index contributed by atoms with van der Waals surface area (Å²) in [5.41, 5.74) is 1.91. The van der Waals surface area contributed by atoms with Crippen LogP contribution >= 0.6 is 0 Å². The van der Waals surface area contributed by atoms with Gasteiger partial charge in [0.2, 0.25) is 0 Å². The molecule has 100 valence electrons. The van der Waals surface area contributed by atoms with Gasteiger partial charge in [-0.15, -0.1) is 0 Å². The lowest BCUT2D eigenvalue weighted by atomic mass is 9.99. The topological polar surface area (TPSA) is 43.4 Å². The molecular formula is C14H22N2O2. The number of hydrogen-bond acceptors (Lipinski definition) is 4. The number of hydrogen-bond donors (Lipinski definition) is 1. The van der Waals surface area contributed by atoms with Gasteiger partial charge in [-0.2, -0.15) is 0 Å². The van der Waals surface area contributed by atoms with Gasteiger partial charge in [0.15, 0.2) is 0 Å². The third kappa shape index (κ3) is 3.96. The van der Waals surface area contributed by atoms with Gasteiger partial charge in [0.25, 0.3) is 0 Å². The van der Waals surface area contributed by atoms with Crippen LogP contribution < -0.4 is 10.1 Å². The monoisotopic (exact) mass is 250 g/mol. The van der Waals surface area contributed by atoms with Crippen molar-refractivity contribution in [2.24, 2.45) is 5.92 Å². The summed E-state index contributed by atoms with van der Waals surface area (Å²) in [4.78, 5) is 4.45. The van der Waals surface area contributed by atoms with E-state index in [2.05, 4.69) is 10.3 Å². The van der Waals surface area contributed by atoms with Gasteiger partial charge in [-0.3, -0.25) is 4.98 Å². The number of piperidine rings is 1. The van der Waals surface area contributed by atoms with E-state index >= 15 is 0 Å². The van der Waals surface area contributed by atoms with Crippen molar-refractivity contribution in [3.05, 3.63) is 23.5 Å². The molecular weight excluding hydrogens is 228 g/mol. The normalized spacial score (nSPS) is 16.8. The molecule has 1 aromatic heterocycles. The predicted molar refractivity (Wildman–Crippen MR) is 70.8 cm³/mol. The molecule has 0 aromatic carbocycles. The summed E-state index contributed by atoms with van der Waals surface area (Å²) in [5.74, 6) is 1.54. The van der Waals surface area contributed by atoms with Crippen molar-refractivity contribution in [3.63, 3.8) is 0 Å². The highest BCUT2D eigenvalue weighted by molar-refractivity contribution is 5.26. The van der Waals surface area contributed by atoms with E-state index in [9.17, 15) is 0 Å². The van der Waals surface area contributed by atoms with Crippen LogP contribution in [0.15, 0.2) is 12.1 Å². The van der Waals surface area contributed by atoms with Crippen LogP contribution in [-0.2, 0) is 11.3 Å². The van der Waals surface area contributed by atoms with Gasteiger partial charge in [-0.1, -0.05) is 0 Å². The lowest BCUT2D eigenvalue weighted by Crippen LogP contribution is -2.29. The minimum atomic E-state index is 0.571. The summed E-state index contributed by atoms with van der Waals surface area (Å²) in [6.07, 6.45) is 2.43. The molecule has 1 N–H and O–H groups in total. The highest BCUT2D eigenvalue weighted by Crippen LogP contribution is 2.16. The molecule has 0 amide bonds. The number of aromatic nitrogens is 1. The fourth-order valence-corrected chi connectivity index (χ4v) is 2.27. The first-order chi connectivity index (χ1) is 8.78. The Morgan fingerprint density at radius 1 is 1.33 bits per heavy atom. The zero-order valence-corrected chi connectivity index (χ0v) is 11.2. The summed E-state index contributed by atoms with van der Waals surface area (Å²) in [6.45, 7) is 5.61.